The highest BCUT2D eigenvalue weighted by atomic mass is 35.5. The Morgan fingerprint density at radius 3 is 2.45 bits per heavy atom. The van der Waals surface area contributed by atoms with Crippen molar-refractivity contribution in [2.75, 3.05) is 20.0 Å². The summed E-state index contributed by atoms with van der Waals surface area (Å²) in [6.45, 7) is 2.73. The number of halogens is 4. The molecule has 14 heteroatoms. The molecule has 1 aliphatic heterocycles. The molecule has 0 aromatic heterocycles. The summed E-state index contributed by atoms with van der Waals surface area (Å²) >= 11 is 5.92. The minimum atomic E-state index is -4.94. The first-order chi connectivity index (χ1) is 15.2. The summed E-state index contributed by atoms with van der Waals surface area (Å²) in [5.74, 6) is -1.52. The third kappa shape index (κ3) is 7.41. The van der Waals surface area contributed by atoms with E-state index in [1.54, 1.807) is 0 Å². The molecule has 1 aliphatic rings. The molecular weight excluding hydrogens is 479 g/mol. The van der Waals surface area contributed by atoms with Gasteiger partial charge in [-0.15, -0.1) is 10.1 Å². The van der Waals surface area contributed by atoms with Crippen LogP contribution in [0.3, 0.4) is 0 Å². The molecule has 182 valence electrons. The average Bonchev–Trinajstić information content (AvgIpc) is 2.69. The molecule has 0 radical (unpaired) electrons. The number of benzene rings is 1. The van der Waals surface area contributed by atoms with Gasteiger partial charge in [-0.05, 0) is 30.7 Å². The van der Waals surface area contributed by atoms with Crippen molar-refractivity contribution in [1.29, 1.82) is 0 Å². The van der Waals surface area contributed by atoms with Gasteiger partial charge in [-0.3, -0.25) is 0 Å². The number of esters is 1. The van der Waals surface area contributed by atoms with Crippen molar-refractivity contribution in [2.24, 2.45) is 5.41 Å². The standard InChI is InChI=1S/C19H19ClF3NO9/c1-10-4-12(20)5-11-6-13(15(19(21,22)23)33-14(10)11)16(25)30-9-31-17(26)29-7-18(2,3)8-32-24(27)28/h4-6,15H,7-9H2,1-3H3. The quantitative estimate of drug-likeness (QED) is 0.224. The van der Waals surface area contributed by atoms with Crippen molar-refractivity contribution in [2.45, 2.75) is 33.1 Å². The highest BCUT2D eigenvalue weighted by Crippen LogP contribution is 2.40. The Morgan fingerprint density at radius 1 is 1.18 bits per heavy atom. The van der Waals surface area contributed by atoms with E-state index in [-0.39, 0.29) is 29.5 Å². The maximum absolute atomic E-state index is 13.5. The fourth-order valence-corrected chi connectivity index (χ4v) is 2.92. The molecule has 1 unspecified atom stereocenters. The van der Waals surface area contributed by atoms with Gasteiger partial charge in [-0.1, -0.05) is 25.4 Å². The van der Waals surface area contributed by atoms with Crippen molar-refractivity contribution in [3.63, 3.8) is 0 Å². The molecule has 0 saturated carbocycles. The van der Waals surface area contributed by atoms with Crippen molar-refractivity contribution in [3.05, 3.63) is 44.0 Å². The highest BCUT2D eigenvalue weighted by Gasteiger charge is 2.49. The average molecular weight is 498 g/mol. The number of fused-ring (bicyclic) bond motifs is 1. The molecule has 1 aromatic rings. The van der Waals surface area contributed by atoms with Crippen LogP contribution in [0.15, 0.2) is 17.7 Å². The molecule has 0 N–H and O–H groups in total. The zero-order chi connectivity index (χ0) is 25.0. The largest absolute Gasteiger partial charge is 0.511 e. The van der Waals surface area contributed by atoms with Gasteiger partial charge in [0.15, 0.2) is 0 Å². The first-order valence-electron chi connectivity index (χ1n) is 9.19. The molecule has 1 atom stereocenters. The van der Waals surface area contributed by atoms with Crippen LogP contribution < -0.4 is 4.74 Å². The molecule has 10 nitrogen and oxygen atoms in total. The highest BCUT2D eigenvalue weighted by molar-refractivity contribution is 6.30. The van der Waals surface area contributed by atoms with Gasteiger partial charge in [0.2, 0.25) is 12.9 Å². The second kappa shape index (κ2) is 10.1. The first-order valence-corrected chi connectivity index (χ1v) is 9.56. The van der Waals surface area contributed by atoms with Crippen LogP contribution in [0.2, 0.25) is 5.02 Å². The normalized spacial score (nSPS) is 15.5. The number of carbonyl (C=O) groups is 2. The van der Waals surface area contributed by atoms with E-state index in [9.17, 15) is 32.9 Å². The Bertz CT molecular complexity index is 963. The summed E-state index contributed by atoms with van der Waals surface area (Å²) in [4.78, 5) is 38.3. The summed E-state index contributed by atoms with van der Waals surface area (Å²) in [6, 6.07) is 2.73. The van der Waals surface area contributed by atoms with Gasteiger partial charge in [0, 0.05) is 16.0 Å². The lowest BCUT2D eigenvalue weighted by Crippen LogP contribution is -2.41. The van der Waals surface area contributed by atoms with Crippen molar-refractivity contribution >= 4 is 29.8 Å². The molecular formula is C19H19ClF3NO9. The Kier molecular flexibility index (Phi) is 8.01. The second-order valence-electron chi connectivity index (χ2n) is 7.67. The van der Waals surface area contributed by atoms with E-state index in [4.69, 9.17) is 21.1 Å². The van der Waals surface area contributed by atoms with Crippen LogP contribution in [0.1, 0.15) is 25.0 Å². The number of alkyl halides is 3. The van der Waals surface area contributed by atoms with Gasteiger partial charge >= 0.3 is 18.3 Å². The number of aryl methyl sites for hydroxylation is 1. The Hall–Kier alpha value is -3.22. The molecule has 33 heavy (non-hydrogen) atoms. The smallest absolute Gasteiger partial charge is 0.475 e. The molecule has 1 heterocycles. The van der Waals surface area contributed by atoms with Gasteiger partial charge in [0.25, 0.3) is 5.09 Å². The SMILES string of the molecule is Cc1cc(Cl)cc2c1OC(C(F)(F)F)C(C(=O)OCOC(=O)OCC(C)(C)CO[N+](=O)[O-])=C2. The third-order valence-electron chi connectivity index (χ3n) is 4.14. The lowest BCUT2D eigenvalue weighted by molar-refractivity contribution is -0.760. The van der Waals surface area contributed by atoms with E-state index in [2.05, 4.69) is 14.3 Å². The van der Waals surface area contributed by atoms with Crippen LogP contribution in [0.5, 0.6) is 5.75 Å². The van der Waals surface area contributed by atoms with Gasteiger partial charge in [0.05, 0.1) is 5.57 Å². The van der Waals surface area contributed by atoms with E-state index in [1.165, 1.54) is 32.9 Å². The van der Waals surface area contributed by atoms with Gasteiger partial charge in [-0.2, -0.15) is 13.2 Å². The summed E-state index contributed by atoms with van der Waals surface area (Å²) in [6.07, 6.45) is -7.92. The Morgan fingerprint density at radius 2 is 1.85 bits per heavy atom. The van der Waals surface area contributed by atoms with Crippen LogP contribution in [-0.2, 0) is 23.8 Å². The van der Waals surface area contributed by atoms with Crippen LogP contribution in [0, 0.1) is 22.5 Å². The van der Waals surface area contributed by atoms with E-state index >= 15 is 0 Å². The molecule has 1 aromatic carbocycles. The van der Waals surface area contributed by atoms with Crippen molar-refractivity contribution < 1.29 is 51.6 Å². The monoisotopic (exact) mass is 497 g/mol. The molecule has 0 bridgehead atoms. The van der Waals surface area contributed by atoms with Crippen molar-refractivity contribution in [3.8, 4) is 5.75 Å². The number of hydrogen-bond acceptors (Lipinski definition) is 9. The van der Waals surface area contributed by atoms with E-state index < -0.39 is 47.3 Å². The van der Waals surface area contributed by atoms with Gasteiger partial charge in [0.1, 0.15) is 19.0 Å². The summed E-state index contributed by atoms with van der Waals surface area (Å²) < 4.78 is 59.3. The fourth-order valence-electron chi connectivity index (χ4n) is 2.64. The van der Waals surface area contributed by atoms with Crippen LogP contribution in [0.4, 0.5) is 18.0 Å². The maximum Gasteiger partial charge on any atom is 0.511 e. The van der Waals surface area contributed by atoms with Crippen LogP contribution >= 0.6 is 11.6 Å². The zero-order valence-electron chi connectivity index (χ0n) is 17.6. The fraction of sp³-hybridized carbons (Fsp3) is 0.474. The lowest BCUT2D eigenvalue weighted by atomic mass is 9.97. The lowest BCUT2D eigenvalue weighted by Gasteiger charge is -2.28. The van der Waals surface area contributed by atoms with E-state index in [0.717, 1.165) is 6.08 Å². The third-order valence-corrected chi connectivity index (χ3v) is 4.36. The van der Waals surface area contributed by atoms with Crippen LogP contribution in [0.25, 0.3) is 6.08 Å². The number of nitrogens with zero attached hydrogens (tertiary/aromatic N) is 1. The summed E-state index contributed by atoms with van der Waals surface area (Å²) in [5.41, 5.74) is -1.33. The summed E-state index contributed by atoms with van der Waals surface area (Å²) in [5, 5.41) is 9.43. The van der Waals surface area contributed by atoms with Gasteiger partial charge < -0.3 is 23.8 Å². The molecule has 0 amide bonds. The number of hydrogen-bond donors (Lipinski definition) is 0. The van der Waals surface area contributed by atoms with E-state index in [1.807, 2.05) is 0 Å². The molecule has 0 aliphatic carbocycles. The topological polar surface area (TPSA) is 123 Å². The van der Waals surface area contributed by atoms with Crippen LogP contribution in [-0.4, -0.2) is 49.5 Å². The van der Waals surface area contributed by atoms with Gasteiger partial charge in [-0.25, -0.2) is 9.59 Å². The minimum absolute atomic E-state index is 0.0817. The molecule has 2 rings (SSSR count). The predicted molar refractivity (Wildman–Crippen MR) is 105 cm³/mol. The second-order valence-corrected chi connectivity index (χ2v) is 8.11. The maximum atomic E-state index is 13.5. The summed E-state index contributed by atoms with van der Waals surface area (Å²) in [7, 11) is 0. The van der Waals surface area contributed by atoms with E-state index in [0.29, 0.717) is 5.56 Å². The Labute approximate surface area is 190 Å². The number of rotatable bonds is 8. The minimum Gasteiger partial charge on any atom is -0.475 e. The predicted octanol–water partition coefficient (Wildman–Crippen LogP) is 4.24. The van der Waals surface area contributed by atoms with Crippen molar-refractivity contribution in [1.82, 2.24) is 0 Å². The number of ether oxygens (including phenoxy) is 4. The molecule has 0 fully saturated rings. The zero-order valence-corrected chi connectivity index (χ0v) is 18.3. The number of carbonyl (C=O) groups excluding carboxylic acids is 2. The Balaban J connectivity index is 1.99. The molecule has 0 spiro atoms. The molecule has 0 saturated heterocycles. The first kappa shape index (κ1) is 26.0.